The maximum atomic E-state index is 5.93. The zero-order valence-electron chi connectivity index (χ0n) is 11.4. The van der Waals surface area contributed by atoms with Crippen molar-refractivity contribution >= 4 is 8.32 Å². The maximum Gasteiger partial charge on any atom is 0.263 e. The van der Waals surface area contributed by atoms with Crippen LogP contribution in [-0.2, 0) is 4.43 Å². The van der Waals surface area contributed by atoms with Gasteiger partial charge in [0, 0.05) is 0 Å². The highest BCUT2D eigenvalue weighted by atomic mass is 28.4. The molecule has 3 heteroatoms. The lowest BCUT2D eigenvalue weighted by molar-refractivity contribution is 0.213. The summed E-state index contributed by atoms with van der Waals surface area (Å²) in [5, 5.41) is 0.149. The third kappa shape index (κ3) is 3.93. The first kappa shape index (κ1) is 13.8. The van der Waals surface area contributed by atoms with Gasteiger partial charge in [-0.1, -0.05) is 39.0 Å². The number of hydrogen-bond donors (Lipinski definition) is 0. The quantitative estimate of drug-likeness (QED) is 0.576. The van der Waals surface area contributed by atoms with Crippen LogP contribution in [0.15, 0.2) is 42.9 Å². The Labute approximate surface area is 105 Å². The van der Waals surface area contributed by atoms with Gasteiger partial charge >= 0.3 is 0 Å². The molecule has 17 heavy (non-hydrogen) atoms. The molecule has 0 aliphatic rings. The second kappa shape index (κ2) is 4.96. The van der Waals surface area contributed by atoms with E-state index in [1.165, 1.54) is 0 Å². The molecule has 0 saturated carbocycles. The van der Waals surface area contributed by atoms with E-state index in [9.17, 15) is 0 Å². The zero-order valence-corrected chi connectivity index (χ0v) is 12.4. The average molecular weight is 250 g/mol. The normalized spacial score (nSPS) is 12.1. The molecule has 94 valence electrons. The predicted octanol–water partition coefficient (Wildman–Crippen LogP) is 4.56. The lowest BCUT2D eigenvalue weighted by Gasteiger charge is -2.36. The molecule has 1 aromatic rings. The van der Waals surface area contributed by atoms with Crippen LogP contribution in [0.3, 0.4) is 0 Å². The monoisotopic (exact) mass is 250 g/mol. The minimum atomic E-state index is -1.85. The molecule has 2 nitrogen and oxygen atoms in total. The van der Waals surface area contributed by atoms with Crippen molar-refractivity contribution < 1.29 is 9.16 Å². The van der Waals surface area contributed by atoms with Crippen molar-refractivity contribution in [2.45, 2.75) is 38.9 Å². The first-order valence-electron chi connectivity index (χ1n) is 5.83. The molecule has 0 aromatic heterocycles. The smallest absolute Gasteiger partial charge is 0.263 e. The molecule has 0 bridgehead atoms. The molecule has 0 heterocycles. The van der Waals surface area contributed by atoms with Crippen molar-refractivity contribution in [2.75, 3.05) is 0 Å². The summed E-state index contributed by atoms with van der Waals surface area (Å²) in [7, 11) is -1.85. The molecular weight excluding hydrogens is 228 g/mol. The molecule has 0 spiro atoms. The van der Waals surface area contributed by atoms with Crippen LogP contribution in [0.25, 0.3) is 0 Å². The van der Waals surface area contributed by atoms with E-state index >= 15 is 0 Å². The Hall–Kier alpha value is -1.22. The lowest BCUT2D eigenvalue weighted by Crippen LogP contribution is -2.40. The van der Waals surface area contributed by atoms with Crippen LogP contribution in [0.5, 0.6) is 5.75 Å². The van der Waals surface area contributed by atoms with Crippen molar-refractivity contribution in [1.82, 2.24) is 0 Å². The van der Waals surface area contributed by atoms with E-state index in [0.29, 0.717) is 5.95 Å². The fourth-order valence-corrected chi connectivity index (χ4v) is 2.00. The molecule has 0 atom stereocenters. The van der Waals surface area contributed by atoms with Gasteiger partial charge in [-0.05, 0) is 36.8 Å². The topological polar surface area (TPSA) is 18.5 Å². The maximum absolute atomic E-state index is 5.93. The molecular formula is C14H22O2Si. The molecule has 0 amide bonds. The van der Waals surface area contributed by atoms with Crippen LogP contribution in [0.1, 0.15) is 20.8 Å². The number of para-hydroxylation sites is 1. The predicted molar refractivity (Wildman–Crippen MR) is 74.5 cm³/mol. The lowest BCUT2D eigenvalue weighted by atomic mass is 10.2. The summed E-state index contributed by atoms with van der Waals surface area (Å²) in [5.41, 5.74) is 0. The SMILES string of the molecule is C=C(Oc1ccccc1)O[Si](C)(C)C(C)(C)C. The van der Waals surface area contributed by atoms with Gasteiger partial charge in [-0.3, -0.25) is 0 Å². The molecule has 0 radical (unpaired) electrons. The average Bonchev–Trinajstić information content (AvgIpc) is 2.16. The fourth-order valence-electron chi connectivity index (χ4n) is 1.08. The number of benzene rings is 1. The Kier molecular flexibility index (Phi) is 4.04. The first-order valence-corrected chi connectivity index (χ1v) is 8.74. The van der Waals surface area contributed by atoms with Gasteiger partial charge in [0.1, 0.15) is 5.75 Å². The minimum Gasteiger partial charge on any atom is -0.519 e. The van der Waals surface area contributed by atoms with Crippen LogP contribution in [0, 0.1) is 0 Å². The highest BCUT2D eigenvalue weighted by molar-refractivity contribution is 6.74. The molecule has 1 aromatic carbocycles. The summed E-state index contributed by atoms with van der Waals surface area (Å²) in [6, 6.07) is 9.58. The van der Waals surface area contributed by atoms with E-state index in [4.69, 9.17) is 9.16 Å². The van der Waals surface area contributed by atoms with E-state index in [1.54, 1.807) is 0 Å². The Morgan fingerprint density at radius 2 is 1.65 bits per heavy atom. The third-order valence-corrected chi connectivity index (χ3v) is 7.50. The van der Waals surface area contributed by atoms with Gasteiger partial charge in [0.05, 0.1) is 0 Å². The Balaban J connectivity index is 2.62. The molecule has 0 N–H and O–H groups in total. The first-order chi connectivity index (χ1) is 7.72. The molecule has 0 unspecified atom stereocenters. The van der Waals surface area contributed by atoms with Crippen LogP contribution in [0.2, 0.25) is 18.1 Å². The van der Waals surface area contributed by atoms with Crippen LogP contribution in [-0.4, -0.2) is 8.32 Å². The molecule has 0 aliphatic carbocycles. The summed E-state index contributed by atoms with van der Waals surface area (Å²) in [4.78, 5) is 0. The van der Waals surface area contributed by atoms with Crippen molar-refractivity contribution in [3.63, 3.8) is 0 Å². The second-order valence-electron chi connectivity index (χ2n) is 5.65. The standard InChI is InChI=1S/C14H22O2Si/c1-12(15-13-10-8-7-9-11-13)16-17(5,6)14(2,3)4/h7-11H,1H2,2-6H3. The number of rotatable bonds is 4. The fraction of sp³-hybridized carbons (Fsp3) is 0.429. The van der Waals surface area contributed by atoms with Crippen LogP contribution in [0.4, 0.5) is 0 Å². The highest BCUT2D eigenvalue weighted by Gasteiger charge is 2.39. The van der Waals surface area contributed by atoms with Gasteiger partial charge in [0.2, 0.25) is 0 Å². The number of hydrogen-bond acceptors (Lipinski definition) is 2. The minimum absolute atomic E-state index is 0.149. The summed E-state index contributed by atoms with van der Waals surface area (Å²) < 4.78 is 11.5. The van der Waals surface area contributed by atoms with Gasteiger partial charge in [-0.15, -0.1) is 0 Å². The Morgan fingerprint density at radius 1 is 1.12 bits per heavy atom. The van der Waals surface area contributed by atoms with Crippen molar-refractivity contribution in [1.29, 1.82) is 0 Å². The summed E-state index contributed by atoms with van der Waals surface area (Å²) in [5.74, 6) is 1.15. The van der Waals surface area contributed by atoms with Crippen LogP contribution < -0.4 is 4.74 Å². The van der Waals surface area contributed by atoms with Crippen molar-refractivity contribution in [3.05, 3.63) is 42.9 Å². The van der Waals surface area contributed by atoms with E-state index in [1.807, 2.05) is 30.3 Å². The van der Waals surface area contributed by atoms with Gasteiger partial charge < -0.3 is 9.16 Å². The molecule has 0 fully saturated rings. The Bertz CT molecular complexity index is 377. The number of ether oxygens (including phenoxy) is 1. The van der Waals surface area contributed by atoms with E-state index in [-0.39, 0.29) is 5.04 Å². The largest absolute Gasteiger partial charge is 0.519 e. The van der Waals surface area contributed by atoms with Gasteiger partial charge in [-0.25, -0.2) is 0 Å². The molecule has 0 saturated heterocycles. The second-order valence-corrected chi connectivity index (χ2v) is 10.4. The van der Waals surface area contributed by atoms with Crippen molar-refractivity contribution in [3.8, 4) is 5.75 Å². The van der Waals surface area contributed by atoms with E-state index < -0.39 is 8.32 Å². The summed E-state index contributed by atoms with van der Waals surface area (Å²) in [6.07, 6.45) is 0. The summed E-state index contributed by atoms with van der Waals surface area (Å²) in [6.45, 7) is 14.8. The third-order valence-electron chi connectivity index (χ3n) is 3.15. The van der Waals surface area contributed by atoms with Gasteiger partial charge in [0.15, 0.2) is 0 Å². The molecule has 0 aliphatic heterocycles. The summed E-state index contributed by atoms with van der Waals surface area (Å²) >= 11 is 0. The van der Waals surface area contributed by atoms with Crippen molar-refractivity contribution in [2.24, 2.45) is 0 Å². The van der Waals surface area contributed by atoms with Gasteiger partial charge in [-0.2, -0.15) is 0 Å². The molecule has 1 rings (SSSR count). The van der Waals surface area contributed by atoms with Crippen LogP contribution >= 0.6 is 0 Å². The van der Waals surface area contributed by atoms with Gasteiger partial charge in [0.25, 0.3) is 14.3 Å². The highest BCUT2D eigenvalue weighted by Crippen LogP contribution is 2.37. The van der Waals surface area contributed by atoms with E-state index in [2.05, 4.69) is 40.4 Å². The zero-order chi connectivity index (χ0) is 13.1. The van der Waals surface area contributed by atoms with E-state index in [0.717, 1.165) is 5.75 Å². The Morgan fingerprint density at radius 3 is 2.12 bits per heavy atom.